The van der Waals surface area contributed by atoms with E-state index in [2.05, 4.69) is 0 Å². The van der Waals surface area contributed by atoms with Crippen LogP contribution in [0.1, 0.15) is 16.7 Å². The zero-order valence-corrected chi connectivity index (χ0v) is 21.4. The van der Waals surface area contributed by atoms with Crippen LogP contribution in [-0.2, 0) is 16.6 Å². The van der Waals surface area contributed by atoms with Gasteiger partial charge in [-0.25, -0.2) is 8.42 Å². The van der Waals surface area contributed by atoms with Gasteiger partial charge in [0.1, 0.15) is 35.6 Å². The summed E-state index contributed by atoms with van der Waals surface area (Å²) in [6.07, 6.45) is 0. The molecule has 9 heteroatoms. The smallest absolute Gasteiger partial charge is 0.264 e. The molecule has 0 fully saturated rings. The van der Waals surface area contributed by atoms with Gasteiger partial charge in [0, 0.05) is 5.57 Å². The van der Waals surface area contributed by atoms with Crippen molar-refractivity contribution in [3.05, 3.63) is 112 Å². The van der Waals surface area contributed by atoms with Gasteiger partial charge < -0.3 is 4.74 Å². The molecule has 0 aromatic heterocycles. The first kappa shape index (κ1) is 27.2. The molecule has 3 rings (SSSR count). The van der Waals surface area contributed by atoms with E-state index in [4.69, 9.17) is 4.74 Å². The molecule has 0 aliphatic carbocycles. The maximum atomic E-state index is 14.1. The van der Waals surface area contributed by atoms with Crippen molar-refractivity contribution in [2.24, 2.45) is 0 Å². The average molecular weight is 520 g/mol. The number of hydrogen-bond donors (Lipinski definition) is 0. The van der Waals surface area contributed by atoms with E-state index in [1.54, 1.807) is 78.9 Å². The minimum atomic E-state index is -4.40. The SMILES string of the molecule is COc1ccc(C(=C(C#N)C#N)C(=C(C#N)C#N)N(Cc2ccccc2)S(=O)(=O)c2ccc(C)cc2)cc1. The van der Waals surface area contributed by atoms with Gasteiger partial charge in [0.05, 0.1) is 24.2 Å². The standard InChI is InChI=1S/C29H21N5O3S/c1-21-8-14-27(15-9-21)38(35,36)34(20-22-6-4-3-5-7-22)29(25(18-32)19-33)28(24(16-30)17-31)23-10-12-26(37-2)13-11-23/h3-15H,20H2,1-2H3. The molecule has 0 radical (unpaired) electrons. The molecular formula is C29H21N5O3S. The third kappa shape index (κ3) is 5.72. The molecule has 0 aliphatic heterocycles. The first-order chi connectivity index (χ1) is 18.3. The Balaban J connectivity index is 2.45. The number of methoxy groups -OCH3 is 1. The molecule has 0 amide bonds. The molecule has 0 bridgehead atoms. The molecule has 0 N–H and O–H groups in total. The van der Waals surface area contributed by atoms with Crippen LogP contribution in [0, 0.1) is 52.2 Å². The van der Waals surface area contributed by atoms with Crippen molar-refractivity contribution in [2.45, 2.75) is 18.4 Å². The fourth-order valence-corrected chi connectivity index (χ4v) is 5.15. The second-order valence-electron chi connectivity index (χ2n) is 7.96. The molecule has 0 heterocycles. The fourth-order valence-electron chi connectivity index (χ4n) is 3.67. The number of rotatable bonds is 8. The topological polar surface area (TPSA) is 142 Å². The predicted octanol–water partition coefficient (Wildman–Crippen LogP) is 5.00. The van der Waals surface area contributed by atoms with E-state index in [1.807, 2.05) is 6.92 Å². The first-order valence-electron chi connectivity index (χ1n) is 11.2. The van der Waals surface area contributed by atoms with Crippen LogP contribution in [0.4, 0.5) is 0 Å². The summed E-state index contributed by atoms with van der Waals surface area (Å²) < 4.78 is 34.3. The molecule has 0 spiro atoms. The molecule has 3 aromatic rings. The molecule has 3 aromatic carbocycles. The zero-order valence-electron chi connectivity index (χ0n) is 20.6. The van der Waals surface area contributed by atoms with Crippen LogP contribution < -0.4 is 4.74 Å². The van der Waals surface area contributed by atoms with Gasteiger partial charge in [0.15, 0.2) is 5.57 Å². The van der Waals surface area contributed by atoms with Crippen molar-refractivity contribution in [1.29, 1.82) is 21.0 Å². The van der Waals surface area contributed by atoms with E-state index in [9.17, 15) is 29.5 Å². The monoisotopic (exact) mass is 519 g/mol. The number of aryl methyl sites for hydroxylation is 1. The van der Waals surface area contributed by atoms with Gasteiger partial charge in [-0.05, 0) is 42.3 Å². The van der Waals surface area contributed by atoms with Gasteiger partial charge in [0.2, 0.25) is 0 Å². The Morgan fingerprint density at radius 2 is 1.34 bits per heavy atom. The summed E-state index contributed by atoms with van der Waals surface area (Å²) in [7, 11) is -2.94. The van der Waals surface area contributed by atoms with Gasteiger partial charge in [0.25, 0.3) is 10.0 Å². The highest BCUT2D eigenvalue weighted by molar-refractivity contribution is 7.89. The molecule has 0 unspecified atom stereocenters. The lowest BCUT2D eigenvalue weighted by atomic mass is 9.94. The van der Waals surface area contributed by atoms with Crippen LogP contribution in [-0.4, -0.2) is 19.8 Å². The Bertz CT molecular complexity index is 1630. The molecular weight excluding hydrogens is 498 g/mol. The van der Waals surface area contributed by atoms with Crippen molar-refractivity contribution in [1.82, 2.24) is 4.31 Å². The molecule has 0 aliphatic rings. The van der Waals surface area contributed by atoms with Gasteiger partial charge in [-0.2, -0.15) is 21.0 Å². The molecule has 0 saturated heterocycles. The number of nitriles is 4. The lowest BCUT2D eigenvalue weighted by Gasteiger charge is -2.29. The Kier molecular flexibility index (Phi) is 8.65. The summed E-state index contributed by atoms with van der Waals surface area (Å²) in [5.41, 5.74) is 0.0551. The second-order valence-corrected chi connectivity index (χ2v) is 9.82. The number of ether oxygens (including phenoxy) is 1. The summed E-state index contributed by atoms with van der Waals surface area (Å²) in [5, 5.41) is 39.5. The normalized spacial score (nSPS) is 10.1. The summed E-state index contributed by atoms with van der Waals surface area (Å²) in [6.45, 7) is 1.53. The van der Waals surface area contributed by atoms with E-state index in [1.165, 1.54) is 31.4 Å². The summed E-state index contributed by atoms with van der Waals surface area (Å²) in [6, 6.07) is 28.0. The quantitative estimate of drug-likeness (QED) is 0.301. The number of sulfonamides is 1. The van der Waals surface area contributed by atoms with Crippen molar-refractivity contribution < 1.29 is 13.2 Å². The highest BCUT2D eigenvalue weighted by atomic mass is 32.2. The number of benzene rings is 3. The third-order valence-electron chi connectivity index (χ3n) is 5.58. The zero-order chi connectivity index (χ0) is 27.7. The van der Waals surface area contributed by atoms with Gasteiger partial charge in [-0.15, -0.1) is 0 Å². The maximum Gasteiger partial charge on any atom is 0.264 e. The first-order valence-corrected chi connectivity index (χ1v) is 12.6. The molecule has 8 nitrogen and oxygen atoms in total. The van der Waals surface area contributed by atoms with Gasteiger partial charge in [-0.1, -0.05) is 60.2 Å². The van der Waals surface area contributed by atoms with Crippen molar-refractivity contribution in [3.63, 3.8) is 0 Å². The Morgan fingerprint density at radius 1 is 0.789 bits per heavy atom. The third-order valence-corrected chi connectivity index (χ3v) is 7.34. The second kappa shape index (κ2) is 12.1. The Labute approximate surface area is 221 Å². The van der Waals surface area contributed by atoms with E-state index in [0.717, 1.165) is 9.87 Å². The van der Waals surface area contributed by atoms with Crippen LogP contribution in [0.5, 0.6) is 5.75 Å². The summed E-state index contributed by atoms with van der Waals surface area (Å²) in [4.78, 5) is -0.0868. The van der Waals surface area contributed by atoms with Crippen LogP contribution >= 0.6 is 0 Å². The lowest BCUT2D eigenvalue weighted by Crippen LogP contribution is -2.32. The van der Waals surface area contributed by atoms with Crippen molar-refractivity contribution in [3.8, 4) is 30.0 Å². The number of hydrogen-bond acceptors (Lipinski definition) is 7. The maximum absolute atomic E-state index is 14.1. The highest BCUT2D eigenvalue weighted by Crippen LogP contribution is 2.37. The predicted molar refractivity (Wildman–Crippen MR) is 140 cm³/mol. The average Bonchev–Trinajstić information content (AvgIpc) is 2.95. The Morgan fingerprint density at radius 3 is 1.84 bits per heavy atom. The van der Waals surface area contributed by atoms with E-state index in [-0.39, 0.29) is 28.3 Å². The van der Waals surface area contributed by atoms with Crippen LogP contribution in [0.25, 0.3) is 5.57 Å². The van der Waals surface area contributed by atoms with Crippen LogP contribution in [0.2, 0.25) is 0 Å². The molecule has 0 saturated carbocycles. The Hall–Kier alpha value is -5.35. The molecule has 186 valence electrons. The van der Waals surface area contributed by atoms with Gasteiger partial charge >= 0.3 is 0 Å². The summed E-state index contributed by atoms with van der Waals surface area (Å²) >= 11 is 0. The van der Waals surface area contributed by atoms with Gasteiger partial charge in [-0.3, -0.25) is 4.31 Å². The number of allylic oxidation sites excluding steroid dienone is 3. The minimum absolute atomic E-state index is 0.0868. The minimum Gasteiger partial charge on any atom is -0.497 e. The van der Waals surface area contributed by atoms with Crippen molar-refractivity contribution in [2.75, 3.05) is 7.11 Å². The lowest BCUT2D eigenvalue weighted by molar-refractivity contribution is 0.414. The largest absolute Gasteiger partial charge is 0.497 e. The number of nitrogens with zero attached hydrogens (tertiary/aromatic N) is 5. The molecule has 38 heavy (non-hydrogen) atoms. The van der Waals surface area contributed by atoms with E-state index in [0.29, 0.717) is 11.3 Å². The van der Waals surface area contributed by atoms with Crippen LogP contribution in [0.3, 0.4) is 0 Å². The van der Waals surface area contributed by atoms with E-state index >= 15 is 0 Å². The summed E-state index contributed by atoms with van der Waals surface area (Å²) in [5.74, 6) is 0.475. The van der Waals surface area contributed by atoms with Crippen LogP contribution in [0.15, 0.2) is 101 Å². The molecule has 0 atom stereocenters. The highest BCUT2D eigenvalue weighted by Gasteiger charge is 2.33. The van der Waals surface area contributed by atoms with Crippen molar-refractivity contribution >= 4 is 15.6 Å². The van der Waals surface area contributed by atoms with E-state index < -0.39 is 21.2 Å². The fraction of sp³-hybridized carbons (Fsp3) is 0.103.